The van der Waals surface area contributed by atoms with Crippen LogP contribution in [0.1, 0.15) is 48.7 Å². The van der Waals surface area contributed by atoms with Crippen molar-refractivity contribution >= 4 is 35.2 Å². The van der Waals surface area contributed by atoms with Crippen LogP contribution >= 0.6 is 12.2 Å². The predicted molar refractivity (Wildman–Crippen MR) is 92.9 cm³/mol. The Hall–Kier alpha value is -1.95. The summed E-state index contributed by atoms with van der Waals surface area (Å²) in [5.41, 5.74) is 3.34. The zero-order chi connectivity index (χ0) is 16.7. The number of carbonyl (C=O) groups excluding carboxylic acids is 2. The molecule has 3 rings (SSSR count). The second kappa shape index (κ2) is 5.92. The van der Waals surface area contributed by atoms with E-state index in [1.165, 1.54) is 36.3 Å². The molecule has 1 aliphatic heterocycles. The third-order valence-electron chi connectivity index (χ3n) is 4.82. The smallest absolute Gasteiger partial charge is 0.265 e. The number of nitrogens with zero attached hydrogens (tertiary/aromatic N) is 2. The quantitative estimate of drug-likeness (QED) is 0.515. The van der Waals surface area contributed by atoms with Crippen LogP contribution in [0.5, 0.6) is 0 Å². The van der Waals surface area contributed by atoms with Crippen molar-refractivity contribution in [2.75, 3.05) is 7.05 Å². The minimum absolute atomic E-state index is 0.132. The second-order valence-electron chi connectivity index (χ2n) is 6.32. The first-order valence-corrected chi connectivity index (χ1v) is 8.34. The van der Waals surface area contributed by atoms with Gasteiger partial charge >= 0.3 is 0 Å². The Kier molecular flexibility index (Phi) is 4.10. The van der Waals surface area contributed by atoms with Crippen LogP contribution < -0.4 is 5.32 Å². The van der Waals surface area contributed by atoms with Gasteiger partial charge in [-0.15, -0.1) is 0 Å². The van der Waals surface area contributed by atoms with E-state index in [1.807, 2.05) is 6.07 Å². The molecule has 0 radical (unpaired) electrons. The lowest BCUT2D eigenvalue weighted by molar-refractivity contribution is -0.128. The number of likely N-dealkylation sites (N-methyl/N-ethyl adjacent to an activating group) is 1. The number of rotatable bonds is 2. The molecule has 1 aromatic rings. The van der Waals surface area contributed by atoms with Gasteiger partial charge in [-0.05, 0) is 56.6 Å². The first kappa shape index (κ1) is 15.9. The normalized spacial score (nSPS) is 21.4. The van der Waals surface area contributed by atoms with Crippen molar-refractivity contribution in [1.29, 1.82) is 0 Å². The van der Waals surface area contributed by atoms with Crippen LogP contribution in [0, 0.1) is 13.8 Å². The molecule has 122 valence electrons. The van der Waals surface area contributed by atoms with Gasteiger partial charge in [-0.1, -0.05) is 12.8 Å². The summed E-state index contributed by atoms with van der Waals surface area (Å²) >= 11 is 4.97. The topological polar surface area (TPSA) is 54.3 Å². The van der Waals surface area contributed by atoms with Crippen molar-refractivity contribution in [2.45, 2.75) is 45.6 Å². The molecule has 1 saturated heterocycles. The standard InChI is InChI=1S/C17H21N3O2S/c1-10-8-12(11(2)20(10)13-6-4-5-7-13)9-14-15(21)18-17(23)19(3)16(14)22/h8-9,13H,4-7H2,1-3H3,(H,18,21,23)/b14-9+. The molecule has 5 nitrogen and oxygen atoms in total. The van der Waals surface area contributed by atoms with E-state index in [0.29, 0.717) is 6.04 Å². The van der Waals surface area contributed by atoms with Crippen LogP contribution in [0.3, 0.4) is 0 Å². The van der Waals surface area contributed by atoms with Crippen LogP contribution in [0.2, 0.25) is 0 Å². The number of amides is 2. The molecule has 1 saturated carbocycles. The van der Waals surface area contributed by atoms with Gasteiger partial charge in [0.15, 0.2) is 5.11 Å². The van der Waals surface area contributed by atoms with Gasteiger partial charge in [-0.25, -0.2) is 0 Å². The number of carbonyl (C=O) groups is 2. The molecule has 0 aromatic carbocycles. The maximum absolute atomic E-state index is 12.3. The van der Waals surface area contributed by atoms with Gasteiger partial charge in [-0.2, -0.15) is 0 Å². The fourth-order valence-electron chi connectivity index (χ4n) is 3.57. The zero-order valence-corrected chi connectivity index (χ0v) is 14.5. The molecule has 0 spiro atoms. The fraction of sp³-hybridized carbons (Fsp3) is 0.471. The average Bonchev–Trinajstić information content (AvgIpc) is 3.10. The SMILES string of the molecule is Cc1cc(/C=C2\C(=O)NC(=S)N(C)C2=O)c(C)n1C1CCCC1. The monoisotopic (exact) mass is 331 g/mol. The summed E-state index contributed by atoms with van der Waals surface area (Å²) in [5.74, 6) is -0.784. The van der Waals surface area contributed by atoms with Gasteiger partial charge in [-0.3, -0.25) is 19.8 Å². The molecular weight excluding hydrogens is 310 g/mol. The van der Waals surface area contributed by atoms with Crippen LogP contribution in [0.15, 0.2) is 11.6 Å². The summed E-state index contributed by atoms with van der Waals surface area (Å²) in [4.78, 5) is 25.7. The molecule has 1 aliphatic carbocycles. The fourth-order valence-corrected chi connectivity index (χ4v) is 3.75. The molecule has 0 atom stereocenters. The van der Waals surface area contributed by atoms with Gasteiger partial charge < -0.3 is 4.57 Å². The predicted octanol–water partition coefficient (Wildman–Crippen LogP) is 2.48. The summed E-state index contributed by atoms with van der Waals surface area (Å²) in [6, 6.07) is 2.59. The number of nitrogens with one attached hydrogen (secondary N) is 1. The summed E-state index contributed by atoms with van der Waals surface area (Å²) in [6.07, 6.45) is 6.61. The van der Waals surface area contributed by atoms with Crippen molar-refractivity contribution < 1.29 is 9.59 Å². The number of aryl methyl sites for hydroxylation is 1. The minimum Gasteiger partial charge on any atom is -0.346 e. The number of aromatic nitrogens is 1. The summed E-state index contributed by atoms with van der Waals surface area (Å²) < 4.78 is 2.35. The lowest BCUT2D eigenvalue weighted by Crippen LogP contribution is -2.52. The molecule has 0 bridgehead atoms. The Morgan fingerprint density at radius 3 is 2.57 bits per heavy atom. The first-order valence-electron chi connectivity index (χ1n) is 7.93. The van der Waals surface area contributed by atoms with Crippen LogP contribution in [0.4, 0.5) is 0 Å². The van der Waals surface area contributed by atoms with Gasteiger partial charge in [0.25, 0.3) is 11.8 Å². The Balaban J connectivity index is 1.99. The van der Waals surface area contributed by atoms with E-state index in [2.05, 4.69) is 23.7 Å². The molecule has 23 heavy (non-hydrogen) atoms. The summed E-state index contributed by atoms with van der Waals surface area (Å²) in [5, 5.41) is 2.70. The third-order valence-corrected chi connectivity index (χ3v) is 5.19. The van der Waals surface area contributed by atoms with Gasteiger partial charge in [0.2, 0.25) is 0 Å². The van der Waals surface area contributed by atoms with E-state index in [-0.39, 0.29) is 16.6 Å². The lowest BCUT2D eigenvalue weighted by Gasteiger charge is -2.25. The van der Waals surface area contributed by atoms with Crippen LogP contribution in [0.25, 0.3) is 6.08 Å². The molecular formula is C17H21N3O2S. The largest absolute Gasteiger partial charge is 0.346 e. The van der Waals surface area contributed by atoms with Crippen LogP contribution in [-0.2, 0) is 9.59 Å². The van der Waals surface area contributed by atoms with Gasteiger partial charge in [0.1, 0.15) is 5.57 Å². The van der Waals surface area contributed by atoms with E-state index in [9.17, 15) is 9.59 Å². The number of hydrogen-bond acceptors (Lipinski definition) is 3. The second-order valence-corrected chi connectivity index (χ2v) is 6.70. The highest BCUT2D eigenvalue weighted by Crippen LogP contribution is 2.34. The molecule has 2 aliphatic rings. The van der Waals surface area contributed by atoms with E-state index in [4.69, 9.17) is 12.2 Å². The van der Waals surface area contributed by atoms with Crippen molar-refractivity contribution in [1.82, 2.24) is 14.8 Å². The van der Waals surface area contributed by atoms with Gasteiger partial charge in [0.05, 0.1) is 0 Å². The molecule has 1 N–H and O–H groups in total. The number of hydrogen-bond donors (Lipinski definition) is 1. The van der Waals surface area contributed by atoms with Crippen molar-refractivity contribution in [2.24, 2.45) is 0 Å². The molecule has 2 amide bonds. The van der Waals surface area contributed by atoms with E-state index in [0.717, 1.165) is 11.3 Å². The van der Waals surface area contributed by atoms with Crippen molar-refractivity contribution in [3.63, 3.8) is 0 Å². The first-order chi connectivity index (χ1) is 10.9. The highest BCUT2D eigenvalue weighted by molar-refractivity contribution is 7.80. The third kappa shape index (κ3) is 2.72. The average molecular weight is 331 g/mol. The Bertz CT molecular complexity index is 726. The van der Waals surface area contributed by atoms with E-state index < -0.39 is 5.91 Å². The summed E-state index contributed by atoms with van der Waals surface area (Å²) in [6.45, 7) is 4.13. The highest BCUT2D eigenvalue weighted by Gasteiger charge is 2.31. The Morgan fingerprint density at radius 2 is 1.91 bits per heavy atom. The minimum atomic E-state index is -0.427. The summed E-state index contributed by atoms with van der Waals surface area (Å²) in [7, 11) is 1.57. The van der Waals surface area contributed by atoms with Crippen molar-refractivity contribution in [3.05, 3.63) is 28.6 Å². The highest BCUT2D eigenvalue weighted by atomic mass is 32.1. The Morgan fingerprint density at radius 1 is 1.26 bits per heavy atom. The van der Waals surface area contributed by atoms with Gasteiger partial charge in [0, 0.05) is 24.5 Å². The molecule has 6 heteroatoms. The molecule has 2 fully saturated rings. The maximum atomic E-state index is 12.3. The van der Waals surface area contributed by atoms with Crippen LogP contribution in [-0.4, -0.2) is 33.4 Å². The molecule has 0 unspecified atom stereocenters. The zero-order valence-electron chi connectivity index (χ0n) is 13.7. The van der Waals surface area contributed by atoms with E-state index >= 15 is 0 Å². The molecule has 2 heterocycles. The Labute approximate surface area is 141 Å². The lowest BCUT2D eigenvalue weighted by atomic mass is 10.1. The molecule has 1 aromatic heterocycles. The maximum Gasteiger partial charge on any atom is 0.265 e. The number of thiocarbonyl (C=S) groups is 1. The van der Waals surface area contributed by atoms with Crippen molar-refractivity contribution in [3.8, 4) is 0 Å². The van der Waals surface area contributed by atoms with E-state index in [1.54, 1.807) is 13.1 Å².